The van der Waals surface area contributed by atoms with E-state index < -0.39 is 16.6 Å². The van der Waals surface area contributed by atoms with Gasteiger partial charge < -0.3 is 32.0 Å². The Bertz CT molecular complexity index is 168. The van der Waals surface area contributed by atoms with Gasteiger partial charge in [-0.2, -0.15) is 0 Å². The minimum Gasteiger partial charge on any atom is -1.00 e. The van der Waals surface area contributed by atoms with E-state index in [1.807, 2.05) is 0 Å². The van der Waals surface area contributed by atoms with E-state index >= 15 is 0 Å². The van der Waals surface area contributed by atoms with Gasteiger partial charge in [-0.3, -0.25) is 4.55 Å². The van der Waals surface area contributed by atoms with Crippen molar-refractivity contribution in [3.05, 3.63) is 0 Å². The van der Waals surface area contributed by atoms with Crippen LogP contribution in [0.25, 0.3) is 0 Å². The molecule has 0 aliphatic carbocycles. The van der Waals surface area contributed by atoms with Crippen LogP contribution in [0.4, 0.5) is 4.79 Å². The molecule has 0 unspecified atom stereocenters. The molecular formula is CHClNa4O7S. The summed E-state index contributed by atoms with van der Waals surface area (Å²) < 4.78 is 32.8. The summed E-state index contributed by atoms with van der Waals surface area (Å²) in [6, 6.07) is 0. The molecule has 0 atom stereocenters. The standard InChI is InChI=1S/CH2O3.ClH.4Na.H2O4S/c2-1(3)4;;;;;;1-5(2,3)4/h(H2,2,3,4);1H;;;;;(H2,1,2,3,4)/q;;4*+1;/p-4. The first-order chi connectivity index (χ1) is 3.73. The van der Waals surface area contributed by atoms with Crippen LogP contribution in [0.15, 0.2) is 0 Å². The van der Waals surface area contributed by atoms with E-state index in [1.165, 1.54) is 0 Å². The molecule has 0 radical (unpaired) electrons. The van der Waals surface area contributed by atoms with Gasteiger partial charge in [-0.1, -0.05) is 0 Å². The molecule has 0 saturated heterocycles. The molecule has 0 heterocycles. The fraction of sp³-hybridized carbons (Fsp3) is 0. The molecule has 0 aromatic rings. The van der Waals surface area contributed by atoms with E-state index in [9.17, 15) is 0 Å². The molecule has 0 aliphatic heterocycles. The first-order valence-corrected chi connectivity index (χ1v) is 2.66. The first kappa shape index (κ1) is 43.3. The van der Waals surface area contributed by atoms with Gasteiger partial charge >= 0.3 is 118 Å². The molecule has 0 amide bonds. The van der Waals surface area contributed by atoms with E-state index in [1.54, 1.807) is 0 Å². The fourth-order valence-electron chi connectivity index (χ4n) is 0. The predicted octanol–water partition coefficient (Wildman–Crippen LogP) is -18.4. The van der Waals surface area contributed by atoms with Crippen LogP contribution in [-0.4, -0.2) is 23.7 Å². The van der Waals surface area contributed by atoms with Crippen molar-refractivity contribution in [1.29, 1.82) is 0 Å². The molecule has 0 aromatic carbocycles. The van der Waals surface area contributed by atoms with Crippen molar-refractivity contribution in [1.82, 2.24) is 0 Å². The molecule has 0 fully saturated rings. The average molecular weight is 284 g/mol. The molecule has 0 bridgehead atoms. The Kier molecular flexibility index (Phi) is 78.2. The summed E-state index contributed by atoms with van der Waals surface area (Å²) in [6.45, 7) is 0. The van der Waals surface area contributed by atoms with Gasteiger partial charge in [-0.25, -0.2) is 8.42 Å². The largest absolute Gasteiger partial charge is 1.00 e. The van der Waals surface area contributed by atoms with Gasteiger partial charge in [0.05, 0.1) is 0 Å². The molecule has 13 heteroatoms. The molecule has 0 rings (SSSR count). The zero-order valence-corrected chi connectivity index (χ0v) is 17.8. The normalized spacial score (nSPS) is 5.86. The van der Waals surface area contributed by atoms with Crippen molar-refractivity contribution in [3.63, 3.8) is 0 Å². The smallest absolute Gasteiger partial charge is 1.00 e. The van der Waals surface area contributed by atoms with E-state index in [0.29, 0.717) is 0 Å². The Morgan fingerprint density at radius 3 is 1.00 bits per heavy atom. The summed E-state index contributed by atoms with van der Waals surface area (Å²) in [4.78, 5) is 8.33. The predicted molar refractivity (Wildman–Crippen MR) is 17.7 cm³/mol. The third kappa shape index (κ3) is 273. The van der Waals surface area contributed by atoms with Gasteiger partial charge in [-0.15, -0.1) is 0 Å². The molecule has 64 valence electrons. The van der Waals surface area contributed by atoms with Crippen molar-refractivity contribution >= 4 is 16.6 Å². The first-order valence-electron chi connectivity index (χ1n) is 1.29. The third-order valence-electron chi connectivity index (χ3n) is 0. The van der Waals surface area contributed by atoms with Gasteiger partial charge in [-0.05, 0) is 6.16 Å². The SMILES string of the molecule is O=C([O-])[O-].O=S(=O)([O-])O.[Cl-].[Na+].[Na+].[Na+].[Na+]. The fourth-order valence-corrected chi connectivity index (χ4v) is 0. The summed E-state index contributed by atoms with van der Waals surface area (Å²) in [5, 5.41) is 16.7. The van der Waals surface area contributed by atoms with Gasteiger partial charge in [0.25, 0.3) is 0 Å². The van der Waals surface area contributed by atoms with Crippen molar-refractivity contribution in [2.24, 2.45) is 0 Å². The maximum Gasteiger partial charge on any atom is 1.00 e. The Hall–Kier alpha value is 3.43. The molecule has 0 saturated carbocycles. The van der Waals surface area contributed by atoms with Crippen LogP contribution in [0.3, 0.4) is 0 Å². The van der Waals surface area contributed by atoms with Crippen molar-refractivity contribution in [2.75, 3.05) is 0 Å². The zero-order valence-electron chi connectivity index (χ0n) is 8.18. The molecule has 1 N–H and O–H groups in total. The molecular weight excluding hydrogens is 283 g/mol. The maximum absolute atomic E-state index is 8.63. The second-order valence-electron chi connectivity index (χ2n) is 0.678. The van der Waals surface area contributed by atoms with Crippen molar-refractivity contribution in [2.45, 2.75) is 0 Å². The van der Waals surface area contributed by atoms with Crippen LogP contribution in [-0.2, 0) is 10.4 Å². The summed E-state index contributed by atoms with van der Waals surface area (Å²) in [6.07, 6.45) is -2.33. The van der Waals surface area contributed by atoms with Crippen LogP contribution in [0, 0.1) is 0 Å². The minimum absolute atomic E-state index is 0. The van der Waals surface area contributed by atoms with Crippen molar-refractivity contribution < 1.29 is 163 Å². The molecule has 0 spiro atoms. The third-order valence-corrected chi connectivity index (χ3v) is 0. The van der Waals surface area contributed by atoms with E-state index in [2.05, 4.69) is 0 Å². The number of carboxylic acid groups (broad SMARTS) is 2. The van der Waals surface area contributed by atoms with Crippen LogP contribution < -0.4 is 141 Å². The summed E-state index contributed by atoms with van der Waals surface area (Å²) in [7, 11) is -4.92. The van der Waals surface area contributed by atoms with Gasteiger partial charge in [0.2, 0.25) is 10.4 Å². The van der Waals surface area contributed by atoms with Gasteiger partial charge in [0, 0.05) is 0 Å². The Labute approximate surface area is 176 Å². The van der Waals surface area contributed by atoms with Crippen molar-refractivity contribution in [3.8, 4) is 0 Å². The summed E-state index contributed by atoms with van der Waals surface area (Å²) >= 11 is 0. The van der Waals surface area contributed by atoms with E-state index in [4.69, 9.17) is 32.5 Å². The Morgan fingerprint density at radius 1 is 1.00 bits per heavy atom. The van der Waals surface area contributed by atoms with Gasteiger partial charge in [0.15, 0.2) is 0 Å². The van der Waals surface area contributed by atoms with Gasteiger partial charge in [0.1, 0.15) is 0 Å². The number of hydrogen-bond donors (Lipinski definition) is 1. The van der Waals surface area contributed by atoms with Crippen LogP contribution >= 0.6 is 0 Å². The number of rotatable bonds is 0. The minimum atomic E-state index is -4.92. The zero-order chi connectivity index (χ0) is 8.08. The average Bonchev–Trinajstić information content (AvgIpc) is 1.19. The molecule has 0 aliphatic rings. The second-order valence-corrected chi connectivity index (χ2v) is 1.53. The number of carbonyl (C=O) groups is 1. The van der Waals surface area contributed by atoms with Crippen LogP contribution in [0.5, 0.6) is 0 Å². The summed E-state index contributed by atoms with van der Waals surface area (Å²) in [5.41, 5.74) is 0. The topological polar surface area (TPSA) is 141 Å². The Morgan fingerprint density at radius 2 is 1.00 bits per heavy atom. The number of hydrogen-bond acceptors (Lipinski definition) is 6. The monoisotopic (exact) mass is 284 g/mol. The summed E-state index contributed by atoms with van der Waals surface area (Å²) in [5.74, 6) is 0. The molecule has 0 aromatic heterocycles. The van der Waals surface area contributed by atoms with E-state index in [-0.39, 0.29) is 131 Å². The quantitative estimate of drug-likeness (QED) is 0.264. The number of halogens is 1. The molecule has 7 nitrogen and oxygen atoms in total. The molecule has 14 heavy (non-hydrogen) atoms. The van der Waals surface area contributed by atoms with Crippen LogP contribution in [0.1, 0.15) is 0 Å². The Balaban J connectivity index is -0.0000000104. The second kappa shape index (κ2) is 25.3. The van der Waals surface area contributed by atoms with E-state index in [0.717, 1.165) is 0 Å². The maximum atomic E-state index is 8.63. The number of carbonyl (C=O) groups excluding carboxylic acids is 1. The van der Waals surface area contributed by atoms with Crippen LogP contribution in [0.2, 0.25) is 0 Å².